The molecular weight excluding hydrogens is 322 g/mol. The van der Waals surface area contributed by atoms with Gasteiger partial charge in [-0.3, -0.25) is 4.79 Å². The van der Waals surface area contributed by atoms with Crippen LogP contribution >= 0.6 is 0 Å². The van der Waals surface area contributed by atoms with Gasteiger partial charge in [-0.1, -0.05) is 66.7 Å². The van der Waals surface area contributed by atoms with E-state index in [1.54, 1.807) is 12.1 Å². The molecule has 4 aromatic rings. The Morgan fingerprint density at radius 2 is 1.35 bits per heavy atom. The summed E-state index contributed by atoms with van der Waals surface area (Å²) in [5, 5.41) is 7.85. The summed E-state index contributed by atoms with van der Waals surface area (Å²) >= 11 is 0. The molecule has 1 aromatic heterocycles. The van der Waals surface area contributed by atoms with Crippen LogP contribution in [0.4, 0.5) is 11.5 Å². The molecule has 0 spiro atoms. The van der Waals surface area contributed by atoms with E-state index in [2.05, 4.69) is 10.4 Å². The van der Waals surface area contributed by atoms with E-state index in [0.717, 1.165) is 16.9 Å². The maximum absolute atomic E-state index is 13.0. The van der Waals surface area contributed by atoms with Crippen molar-refractivity contribution < 1.29 is 4.79 Å². The first-order valence-corrected chi connectivity index (χ1v) is 8.38. The van der Waals surface area contributed by atoms with Gasteiger partial charge in [0.05, 0.1) is 5.69 Å². The van der Waals surface area contributed by atoms with Crippen molar-refractivity contribution in [1.29, 1.82) is 0 Å². The average molecular weight is 339 g/mol. The molecule has 0 aliphatic rings. The summed E-state index contributed by atoms with van der Waals surface area (Å²) in [6.45, 7) is 0. The Labute approximate surface area is 151 Å². The number of para-hydroxylation sites is 1. The van der Waals surface area contributed by atoms with Crippen LogP contribution < -0.4 is 5.32 Å². The summed E-state index contributed by atoms with van der Waals surface area (Å²) in [4.78, 5) is 13.0. The van der Waals surface area contributed by atoms with Crippen molar-refractivity contribution in [2.75, 3.05) is 5.32 Å². The molecule has 1 N–H and O–H groups in total. The van der Waals surface area contributed by atoms with Crippen LogP contribution in [-0.4, -0.2) is 15.7 Å². The van der Waals surface area contributed by atoms with Gasteiger partial charge in [0.25, 0.3) is 5.91 Å². The number of rotatable bonds is 4. The van der Waals surface area contributed by atoms with Crippen molar-refractivity contribution in [3.05, 3.63) is 103 Å². The third-order valence-electron chi connectivity index (χ3n) is 4.04. The molecule has 0 saturated heterocycles. The Bertz CT molecular complexity index is 1010. The molecule has 0 aliphatic heterocycles. The van der Waals surface area contributed by atoms with E-state index >= 15 is 0 Å². The fraction of sp³-hybridized carbons (Fsp3) is 0. The van der Waals surface area contributed by atoms with Crippen LogP contribution in [0.2, 0.25) is 0 Å². The predicted molar refractivity (Wildman–Crippen MR) is 104 cm³/mol. The highest BCUT2D eigenvalue weighted by Crippen LogP contribution is 2.25. The number of carbonyl (C=O) groups excluding carboxylic acids is 1. The van der Waals surface area contributed by atoms with Crippen LogP contribution in [-0.2, 0) is 0 Å². The lowest BCUT2D eigenvalue weighted by atomic mass is 10.1. The Balaban J connectivity index is 1.77. The van der Waals surface area contributed by atoms with E-state index in [4.69, 9.17) is 0 Å². The molecule has 4 rings (SSSR count). The number of anilines is 2. The number of nitrogens with one attached hydrogen (secondary N) is 1. The Kier molecular flexibility index (Phi) is 4.31. The largest absolute Gasteiger partial charge is 0.340 e. The minimum absolute atomic E-state index is 0.175. The van der Waals surface area contributed by atoms with Gasteiger partial charge in [0, 0.05) is 22.9 Å². The van der Waals surface area contributed by atoms with E-state index < -0.39 is 0 Å². The maximum atomic E-state index is 13.0. The summed E-state index contributed by atoms with van der Waals surface area (Å²) in [6, 6.07) is 30.6. The molecule has 0 unspecified atom stereocenters. The van der Waals surface area contributed by atoms with Gasteiger partial charge in [0.15, 0.2) is 0 Å². The highest BCUT2D eigenvalue weighted by molar-refractivity contribution is 5.98. The molecule has 126 valence electrons. The van der Waals surface area contributed by atoms with Gasteiger partial charge < -0.3 is 5.32 Å². The van der Waals surface area contributed by atoms with Crippen LogP contribution in [0.25, 0.3) is 11.3 Å². The Hall–Kier alpha value is -3.66. The second kappa shape index (κ2) is 7.07. The van der Waals surface area contributed by atoms with Crippen LogP contribution in [0.15, 0.2) is 97.1 Å². The molecule has 26 heavy (non-hydrogen) atoms. The third-order valence-corrected chi connectivity index (χ3v) is 4.04. The van der Waals surface area contributed by atoms with Gasteiger partial charge in [0.2, 0.25) is 0 Å². The number of aromatic nitrogens is 2. The van der Waals surface area contributed by atoms with Gasteiger partial charge in [-0.2, -0.15) is 9.78 Å². The summed E-state index contributed by atoms with van der Waals surface area (Å²) in [6.07, 6.45) is 0. The number of hydrogen-bond acceptors (Lipinski definition) is 3. The fourth-order valence-corrected chi connectivity index (χ4v) is 2.75. The Morgan fingerprint density at radius 3 is 2.00 bits per heavy atom. The highest BCUT2D eigenvalue weighted by atomic mass is 16.2. The standard InChI is InChI=1S/C22H17N3O/c26-22(18-12-6-2-7-13-18)25-21(23-19-14-8-3-9-15-19)16-20(24-25)17-10-4-1-5-11-17/h1-16,23H. The zero-order chi connectivity index (χ0) is 17.8. The van der Waals surface area contributed by atoms with Gasteiger partial charge >= 0.3 is 0 Å². The molecule has 0 amide bonds. The van der Waals surface area contributed by atoms with Crippen LogP contribution in [0, 0.1) is 0 Å². The van der Waals surface area contributed by atoms with Crippen LogP contribution in [0.5, 0.6) is 0 Å². The number of carbonyl (C=O) groups is 1. The first-order chi connectivity index (χ1) is 12.8. The number of benzene rings is 3. The first-order valence-electron chi connectivity index (χ1n) is 8.38. The smallest absolute Gasteiger partial charge is 0.280 e. The minimum Gasteiger partial charge on any atom is -0.340 e. The zero-order valence-corrected chi connectivity index (χ0v) is 14.0. The normalized spacial score (nSPS) is 10.5. The van der Waals surface area contributed by atoms with E-state index in [1.807, 2.05) is 84.9 Å². The third kappa shape index (κ3) is 3.26. The average Bonchev–Trinajstić information content (AvgIpc) is 3.13. The van der Waals surface area contributed by atoms with Crippen molar-refractivity contribution in [2.24, 2.45) is 0 Å². The van der Waals surface area contributed by atoms with E-state index in [1.165, 1.54) is 4.68 Å². The van der Waals surface area contributed by atoms with Crippen molar-refractivity contribution in [1.82, 2.24) is 9.78 Å². The molecule has 4 nitrogen and oxygen atoms in total. The molecule has 0 radical (unpaired) electrons. The molecule has 0 aliphatic carbocycles. The second-order valence-electron chi connectivity index (χ2n) is 5.85. The van der Waals surface area contributed by atoms with E-state index in [-0.39, 0.29) is 5.91 Å². The summed E-state index contributed by atoms with van der Waals surface area (Å²) in [5.74, 6) is 0.454. The SMILES string of the molecule is O=C(c1ccccc1)n1nc(-c2ccccc2)cc1Nc1ccccc1. The van der Waals surface area contributed by atoms with Gasteiger partial charge in [-0.15, -0.1) is 0 Å². The van der Waals surface area contributed by atoms with Crippen LogP contribution in [0.3, 0.4) is 0 Å². The number of nitrogens with zero attached hydrogens (tertiary/aromatic N) is 2. The molecule has 0 saturated carbocycles. The fourth-order valence-electron chi connectivity index (χ4n) is 2.75. The molecule has 0 fully saturated rings. The molecule has 1 heterocycles. The topological polar surface area (TPSA) is 46.9 Å². The maximum Gasteiger partial charge on any atom is 0.280 e. The summed E-state index contributed by atoms with van der Waals surface area (Å²) < 4.78 is 1.42. The van der Waals surface area contributed by atoms with Gasteiger partial charge in [0.1, 0.15) is 5.82 Å². The lowest BCUT2D eigenvalue weighted by molar-refractivity contribution is 0.0948. The molecule has 4 heteroatoms. The van der Waals surface area contributed by atoms with Gasteiger partial charge in [-0.25, -0.2) is 0 Å². The first kappa shape index (κ1) is 15.8. The highest BCUT2D eigenvalue weighted by Gasteiger charge is 2.17. The van der Waals surface area contributed by atoms with E-state index in [0.29, 0.717) is 11.4 Å². The van der Waals surface area contributed by atoms with Crippen molar-refractivity contribution in [3.8, 4) is 11.3 Å². The van der Waals surface area contributed by atoms with E-state index in [9.17, 15) is 4.79 Å². The van der Waals surface area contributed by atoms with Crippen molar-refractivity contribution in [3.63, 3.8) is 0 Å². The quantitative estimate of drug-likeness (QED) is 0.570. The molecule has 0 atom stereocenters. The monoisotopic (exact) mass is 339 g/mol. The lowest BCUT2D eigenvalue weighted by Gasteiger charge is -2.08. The predicted octanol–water partition coefficient (Wildman–Crippen LogP) is 4.98. The lowest BCUT2D eigenvalue weighted by Crippen LogP contribution is -2.15. The summed E-state index contributed by atoms with van der Waals surface area (Å²) in [7, 11) is 0. The van der Waals surface area contributed by atoms with Crippen LogP contribution in [0.1, 0.15) is 10.4 Å². The second-order valence-corrected chi connectivity index (χ2v) is 5.85. The van der Waals surface area contributed by atoms with Crippen molar-refractivity contribution in [2.45, 2.75) is 0 Å². The molecule has 3 aromatic carbocycles. The van der Waals surface area contributed by atoms with Crippen molar-refractivity contribution >= 4 is 17.4 Å². The van der Waals surface area contributed by atoms with Gasteiger partial charge in [-0.05, 0) is 24.3 Å². The number of hydrogen-bond donors (Lipinski definition) is 1. The molecule has 0 bridgehead atoms. The Morgan fingerprint density at radius 1 is 0.769 bits per heavy atom. The molecular formula is C22H17N3O. The zero-order valence-electron chi connectivity index (χ0n) is 14.0. The minimum atomic E-state index is -0.175. The summed E-state index contributed by atoms with van der Waals surface area (Å²) in [5.41, 5.74) is 3.19.